The van der Waals surface area contributed by atoms with Crippen molar-refractivity contribution in [2.24, 2.45) is 0 Å². The summed E-state index contributed by atoms with van der Waals surface area (Å²) in [6.07, 6.45) is 1.05. The summed E-state index contributed by atoms with van der Waals surface area (Å²) in [5, 5.41) is 0.213. The lowest BCUT2D eigenvalue weighted by Crippen LogP contribution is -2.43. The summed E-state index contributed by atoms with van der Waals surface area (Å²) in [5.74, 6) is 1.15. The van der Waals surface area contributed by atoms with Crippen LogP contribution >= 0.6 is 23.4 Å². The highest BCUT2D eigenvalue weighted by atomic mass is 35.5. The van der Waals surface area contributed by atoms with Crippen molar-refractivity contribution in [1.82, 2.24) is 4.90 Å². The number of esters is 1. The Morgan fingerprint density at radius 3 is 2.57 bits per heavy atom. The molecule has 0 aromatic carbocycles. The lowest BCUT2D eigenvalue weighted by atomic mass is 10.2. The molecule has 0 aromatic rings. The predicted octanol–water partition coefficient (Wildman–Crippen LogP) is 2.90. The van der Waals surface area contributed by atoms with E-state index in [1.54, 1.807) is 32.5 Å². The van der Waals surface area contributed by atoms with Crippen LogP contribution in [0.5, 0.6) is 0 Å². The van der Waals surface area contributed by atoms with Gasteiger partial charge in [0.2, 0.25) is 0 Å². The van der Waals surface area contributed by atoms with Gasteiger partial charge in [-0.1, -0.05) is 0 Å². The number of carbonyl (C=O) groups excluding carboxylic acids is 2. The summed E-state index contributed by atoms with van der Waals surface area (Å²) in [6, 6.07) is -0.557. The van der Waals surface area contributed by atoms with E-state index < -0.39 is 17.7 Å². The number of hydrogen-bond donors (Lipinski definition) is 0. The van der Waals surface area contributed by atoms with Crippen LogP contribution in [0, 0.1) is 0 Å². The Balaban J connectivity index is 2.69. The molecule has 0 N–H and O–H groups in total. The Bertz CT molecular complexity index is 372. The number of carbonyl (C=O) groups is 2. The minimum Gasteiger partial charge on any atom is -0.467 e. The minimum atomic E-state index is -0.582. The van der Waals surface area contributed by atoms with Gasteiger partial charge in [0.1, 0.15) is 11.6 Å². The normalized spacial score (nSPS) is 22.2. The topological polar surface area (TPSA) is 55.8 Å². The highest BCUT2D eigenvalue weighted by molar-refractivity contribution is 7.99. The van der Waals surface area contributed by atoms with Gasteiger partial charge in [-0.05, 0) is 39.4 Å². The van der Waals surface area contributed by atoms with Crippen molar-refractivity contribution >= 4 is 35.4 Å². The molecule has 7 heteroatoms. The summed E-state index contributed by atoms with van der Waals surface area (Å²) in [5.41, 5.74) is -0.582. The monoisotopic (exact) mass is 337 g/mol. The molecular weight excluding hydrogens is 314 g/mol. The Morgan fingerprint density at radius 1 is 1.38 bits per heavy atom. The van der Waals surface area contributed by atoms with Gasteiger partial charge in [-0.15, -0.1) is 11.6 Å². The molecule has 0 aromatic heterocycles. The van der Waals surface area contributed by atoms with Crippen LogP contribution in [0.3, 0.4) is 0 Å². The van der Waals surface area contributed by atoms with Gasteiger partial charge in [-0.25, -0.2) is 9.59 Å². The first kappa shape index (κ1) is 18.4. The summed E-state index contributed by atoms with van der Waals surface area (Å²) in [6.45, 7) is 5.92. The minimum absolute atomic E-state index is 0.213. The number of rotatable bonds is 5. The fraction of sp³-hybridized carbons (Fsp3) is 0.857. The fourth-order valence-electron chi connectivity index (χ4n) is 2.10. The Labute approximate surface area is 135 Å². The second kappa shape index (κ2) is 8.13. The third-order valence-electron chi connectivity index (χ3n) is 3.00. The molecule has 1 heterocycles. The highest BCUT2D eigenvalue weighted by Gasteiger charge is 2.42. The smallest absolute Gasteiger partial charge is 0.411 e. The molecule has 1 saturated heterocycles. The number of thioether (sulfide) groups is 1. The molecule has 1 aliphatic rings. The van der Waals surface area contributed by atoms with E-state index in [1.165, 1.54) is 12.0 Å². The van der Waals surface area contributed by atoms with E-state index in [-0.39, 0.29) is 11.2 Å². The van der Waals surface area contributed by atoms with E-state index in [0.717, 1.165) is 12.2 Å². The first-order valence-corrected chi connectivity index (χ1v) is 8.62. The standard InChI is InChI=1S/C14H24ClNO4S/c1-14(2,3)20-13(18)16-9-10(21-7-5-6-15)8-11(16)12(17)19-4/h10-11H,5-9H2,1-4H3/t10-,11+/m1/s1. The van der Waals surface area contributed by atoms with E-state index in [2.05, 4.69) is 0 Å². The third-order valence-corrected chi connectivity index (χ3v) is 4.60. The van der Waals surface area contributed by atoms with Crippen molar-refractivity contribution in [2.45, 2.75) is 50.5 Å². The molecule has 2 atom stereocenters. The molecule has 1 fully saturated rings. The summed E-state index contributed by atoms with van der Waals surface area (Å²) < 4.78 is 10.2. The highest BCUT2D eigenvalue weighted by Crippen LogP contribution is 2.30. The average molecular weight is 338 g/mol. The van der Waals surface area contributed by atoms with E-state index in [1.807, 2.05) is 0 Å². The second-order valence-corrected chi connectivity index (χ2v) is 7.73. The SMILES string of the molecule is COC(=O)[C@@H]1C[C@@H](SCCCCl)CN1C(=O)OC(C)(C)C. The molecule has 0 radical (unpaired) electrons. The van der Waals surface area contributed by atoms with Crippen molar-refractivity contribution in [1.29, 1.82) is 0 Å². The lowest BCUT2D eigenvalue weighted by Gasteiger charge is -2.27. The number of ether oxygens (including phenoxy) is 2. The Hall–Kier alpha value is -0.620. The Kier molecular flexibility index (Phi) is 7.13. The van der Waals surface area contributed by atoms with Gasteiger partial charge in [0, 0.05) is 17.7 Å². The van der Waals surface area contributed by atoms with Crippen LogP contribution < -0.4 is 0 Å². The van der Waals surface area contributed by atoms with Gasteiger partial charge in [0.05, 0.1) is 7.11 Å². The second-order valence-electron chi connectivity index (χ2n) is 5.94. The Morgan fingerprint density at radius 2 is 2.05 bits per heavy atom. The molecule has 0 saturated carbocycles. The van der Waals surface area contributed by atoms with Crippen molar-refractivity contribution in [3.63, 3.8) is 0 Å². The maximum atomic E-state index is 12.2. The number of likely N-dealkylation sites (tertiary alicyclic amines) is 1. The molecule has 122 valence electrons. The fourth-order valence-corrected chi connectivity index (χ4v) is 3.63. The van der Waals surface area contributed by atoms with Crippen LogP contribution in [0.1, 0.15) is 33.6 Å². The first-order chi connectivity index (χ1) is 9.78. The molecule has 1 amide bonds. The zero-order chi connectivity index (χ0) is 16.0. The van der Waals surface area contributed by atoms with Gasteiger partial charge in [-0.3, -0.25) is 4.90 Å². The molecule has 0 aliphatic carbocycles. The van der Waals surface area contributed by atoms with Crippen molar-refractivity contribution in [3.8, 4) is 0 Å². The molecule has 0 unspecified atom stereocenters. The summed E-state index contributed by atoms with van der Waals surface area (Å²) in [7, 11) is 1.34. The predicted molar refractivity (Wildman–Crippen MR) is 84.9 cm³/mol. The summed E-state index contributed by atoms with van der Waals surface area (Å²) >= 11 is 7.41. The van der Waals surface area contributed by atoms with Gasteiger partial charge in [0.25, 0.3) is 0 Å². The van der Waals surface area contributed by atoms with Crippen LogP contribution in [0.4, 0.5) is 4.79 Å². The van der Waals surface area contributed by atoms with Gasteiger partial charge in [-0.2, -0.15) is 11.8 Å². The van der Waals surface area contributed by atoms with Gasteiger partial charge < -0.3 is 9.47 Å². The van der Waals surface area contributed by atoms with Crippen molar-refractivity contribution < 1.29 is 19.1 Å². The maximum Gasteiger partial charge on any atom is 0.411 e. The molecule has 0 bridgehead atoms. The molecule has 0 spiro atoms. The summed E-state index contributed by atoms with van der Waals surface area (Å²) in [4.78, 5) is 25.6. The number of hydrogen-bond acceptors (Lipinski definition) is 5. The molecular formula is C14H24ClNO4S. The van der Waals surface area contributed by atoms with Crippen LogP contribution in [0.25, 0.3) is 0 Å². The molecule has 1 aliphatic heterocycles. The lowest BCUT2D eigenvalue weighted by molar-refractivity contribution is -0.145. The molecule has 21 heavy (non-hydrogen) atoms. The number of halogens is 1. The largest absolute Gasteiger partial charge is 0.467 e. The zero-order valence-electron chi connectivity index (χ0n) is 13.1. The number of alkyl halides is 1. The van der Waals surface area contributed by atoms with E-state index in [0.29, 0.717) is 18.8 Å². The van der Waals surface area contributed by atoms with Gasteiger partial charge >= 0.3 is 12.1 Å². The number of amides is 1. The van der Waals surface area contributed by atoms with Gasteiger partial charge in [0.15, 0.2) is 0 Å². The number of methoxy groups -OCH3 is 1. The maximum absolute atomic E-state index is 12.2. The zero-order valence-corrected chi connectivity index (χ0v) is 14.6. The quantitative estimate of drug-likeness (QED) is 0.438. The van der Waals surface area contributed by atoms with Crippen LogP contribution in [0.15, 0.2) is 0 Å². The van der Waals surface area contributed by atoms with Crippen LogP contribution in [-0.2, 0) is 14.3 Å². The molecule has 5 nitrogen and oxygen atoms in total. The number of nitrogens with zero attached hydrogens (tertiary/aromatic N) is 1. The third kappa shape index (κ3) is 5.94. The van der Waals surface area contributed by atoms with Crippen molar-refractivity contribution in [3.05, 3.63) is 0 Å². The molecule has 1 rings (SSSR count). The van der Waals surface area contributed by atoms with Crippen LogP contribution in [0.2, 0.25) is 0 Å². The average Bonchev–Trinajstić information content (AvgIpc) is 2.80. The van der Waals surface area contributed by atoms with Crippen molar-refractivity contribution in [2.75, 3.05) is 25.3 Å². The first-order valence-electron chi connectivity index (χ1n) is 7.03. The van der Waals surface area contributed by atoms with E-state index in [9.17, 15) is 9.59 Å². The van der Waals surface area contributed by atoms with Crippen LogP contribution in [-0.4, -0.2) is 59.1 Å². The van der Waals surface area contributed by atoms with E-state index in [4.69, 9.17) is 21.1 Å². The van der Waals surface area contributed by atoms with E-state index >= 15 is 0 Å².